The minimum absolute atomic E-state index is 0.645. The van der Waals surface area contributed by atoms with Crippen LogP contribution in [0.5, 0.6) is 0 Å². The molecule has 0 spiro atoms. The molecule has 2 aromatic rings. The van der Waals surface area contributed by atoms with Crippen LogP contribution in [0.15, 0.2) is 44.2 Å². The van der Waals surface area contributed by atoms with Crippen molar-refractivity contribution in [3.63, 3.8) is 0 Å². The highest BCUT2D eigenvalue weighted by molar-refractivity contribution is 6.15. The number of benzene rings is 2. The monoisotopic (exact) mass is 917 g/mol. The van der Waals surface area contributed by atoms with Crippen LogP contribution in [-0.4, -0.2) is 273 Å². The van der Waals surface area contributed by atoms with Crippen LogP contribution in [0.3, 0.4) is 0 Å². The summed E-state index contributed by atoms with van der Waals surface area (Å²) < 4.78 is 47.0. The summed E-state index contributed by atoms with van der Waals surface area (Å²) in [6.45, 7) is 22.3. The molecule has 66 heavy (non-hydrogen) atoms. The predicted octanol–water partition coefficient (Wildman–Crippen LogP) is 1.45. The number of hydrogen-bond acceptors (Lipinski definition) is 12. The number of morpholine rings is 8. The van der Waals surface area contributed by atoms with Crippen LogP contribution in [0.25, 0.3) is 10.8 Å². The van der Waals surface area contributed by atoms with E-state index < -0.39 is 0 Å². The number of nitrogens with zero attached hydrogens (tertiary/aromatic N) is 12. The molecule has 0 aromatic heterocycles. The second kappa shape index (κ2) is 22.5. The molecule has 0 N–H and O–H groups in total. The first-order valence-electron chi connectivity index (χ1n) is 24.3. The van der Waals surface area contributed by atoms with Gasteiger partial charge in [-0.3, -0.25) is 0 Å². The van der Waals surface area contributed by atoms with Gasteiger partial charge in [0.05, 0.1) is 128 Å². The summed E-state index contributed by atoms with van der Waals surface area (Å²) in [4.78, 5) is 41.9. The summed E-state index contributed by atoms with van der Waals surface area (Å²) in [7, 11) is 0. The van der Waals surface area contributed by atoms with Crippen molar-refractivity contribution in [2.24, 2.45) is 20.0 Å². The molecule has 20 nitrogen and oxygen atoms in total. The van der Waals surface area contributed by atoms with E-state index in [9.17, 15) is 0 Å². The summed E-state index contributed by atoms with van der Waals surface area (Å²) in [6.07, 6.45) is 0. The third-order valence-electron chi connectivity index (χ3n) is 13.3. The average Bonchev–Trinajstić information content (AvgIpc) is 3.40. The molecule has 8 aliphatic rings. The van der Waals surface area contributed by atoms with Crippen LogP contribution >= 0.6 is 0 Å². The first kappa shape index (κ1) is 45.3. The molecule has 0 aliphatic carbocycles. The maximum absolute atomic E-state index is 5.88. The molecular weight excluding hydrogens is 849 g/mol. The van der Waals surface area contributed by atoms with Crippen molar-refractivity contribution in [1.29, 1.82) is 0 Å². The van der Waals surface area contributed by atoms with Crippen LogP contribution in [0.2, 0.25) is 0 Å². The lowest BCUT2D eigenvalue weighted by molar-refractivity contribution is 0.0421. The Kier molecular flexibility index (Phi) is 15.4. The van der Waals surface area contributed by atoms with Gasteiger partial charge in [-0.25, -0.2) is 20.0 Å². The van der Waals surface area contributed by atoms with E-state index in [1.165, 1.54) is 0 Å². The second-order valence-corrected chi connectivity index (χ2v) is 17.4. The molecule has 20 heteroatoms. The minimum Gasteiger partial charge on any atom is -0.378 e. The highest BCUT2D eigenvalue weighted by Crippen LogP contribution is 2.46. The van der Waals surface area contributed by atoms with E-state index in [2.05, 4.69) is 63.5 Å². The number of aliphatic imine (C=N–C) groups is 4. The lowest BCUT2D eigenvalue weighted by Crippen LogP contribution is -2.52. The number of rotatable bonds is 4. The van der Waals surface area contributed by atoms with Crippen LogP contribution in [0.1, 0.15) is 0 Å². The van der Waals surface area contributed by atoms with Gasteiger partial charge in [0.2, 0.25) is 23.8 Å². The van der Waals surface area contributed by atoms with Crippen molar-refractivity contribution in [2.75, 3.05) is 210 Å². The summed E-state index contributed by atoms with van der Waals surface area (Å²) in [5.41, 5.74) is 3.26. The van der Waals surface area contributed by atoms with Gasteiger partial charge in [-0.05, 0) is 24.3 Å². The third kappa shape index (κ3) is 10.8. The SMILES string of the molecule is c1cc(N=C(N2CCOCC2)N2CCOCC2)c2c(N=C(N3CCOCC3)N3CCOCC3)ccc(N=C(N3CCOCC3)N3CCOCC3)c2c1N=C(N1CCOCC1)N1CCOCC1. The molecule has 10 rings (SSSR count). The Morgan fingerprint density at radius 2 is 0.379 bits per heavy atom. The molecule has 0 atom stereocenters. The fraction of sp³-hybridized carbons (Fsp3) is 0.696. The number of guanidine groups is 4. The van der Waals surface area contributed by atoms with Gasteiger partial charge >= 0.3 is 0 Å². The molecule has 0 amide bonds. The normalized spacial score (nSPS) is 22.6. The maximum atomic E-state index is 5.88. The Balaban J connectivity index is 1.24. The Morgan fingerprint density at radius 1 is 0.242 bits per heavy atom. The average molecular weight is 917 g/mol. The third-order valence-corrected chi connectivity index (χ3v) is 13.3. The van der Waals surface area contributed by atoms with E-state index in [-0.39, 0.29) is 0 Å². The summed E-state index contributed by atoms with van der Waals surface area (Å²) in [5, 5.41) is 1.81. The van der Waals surface area contributed by atoms with E-state index in [1.807, 2.05) is 0 Å². The van der Waals surface area contributed by atoms with Crippen LogP contribution in [0.4, 0.5) is 22.7 Å². The molecule has 0 saturated carbocycles. The smallest absolute Gasteiger partial charge is 0.202 e. The second-order valence-electron chi connectivity index (χ2n) is 17.4. The summed E-state index contributed by atoms with van der Waals surface area (Å²) >= 11 is 0. The van der Waals surface area contributed by atoms with Crippen LogP contribution in [-0.2, 0) is 37.9 Å². The Labute approximate surface area is 388 Å². The zero-order valence-electron chi connectivity index (χ0n) is 38.6. The molecule has 0 bridgehead atoms. The van der Waals surface area contributed by atoms with Gasteiger partial charge in [0.1, 0.15) is 0 Å². The lowest BCUT2D eigenvalue weighted by Gasteiger charge is -2.39. The number of fused-ring (bicyclic) bond motifs is 1. The van der Waals surface area contributed by atoms with Crippen molar-refractivity contribution in [3.05, 3.63) is 24.3 Å². The van der Waals surface area contributed by atoms with Crippen molar-refractivity contribution < 1.29 is 37.9 Å². The zero-order chi connectivity index (χ0) is 44.3. The van der Waals surface area contributed by atoms with Crippen molar-refractivity contribution in [3.8, 4) is 0 Å². The highest BCUT2D eigenvalue weighted by Gasteiger charge is 2.30. The van der Waals surface area contributed by atoms with E-state index in [1.54, 1.807) is 0 Å². The number of ether oxygens (including phenoxy) is 8. The van der Waals surface area contributed by atoms with E-state index in [4.69, 9.17) is 57.9 Å². The molecule has 0 unspecified atom stereocenters. The van der Waals surface area contributed by atoms with Gasteiger partial charge < -0.3 is 77.1 Å². The predicted molar refractivity (Wildman–Crippen MR) is 251 cm³/mol. The van der Waals surface area contributed by atoms with Gasteiger partial charge in [0.15, 0.2) is 0 Å². The molecule has 0 radical (unpaired) electrons. The molecule has 8 aliphatic heterocycles. The first-order chi connectivity index (χ1) is 32.8. The van der Waals surface area contributed by atoms with E-state index >= 15 is 0 Å². The van der Waals surface area contributed by atoms with Crippen molar-refractivity contribution in [2.45, 2.75) is 0 Å². The molecule has 8 heterocycles. The fourth-order valence-corrected chi connectivity index (χ4v) is 9.70. The molecule has 2 aromatic carbocycles. The quantitative estimate of drug-likeness (QED) is 0.322. The lowest BCUT2D eigenvalue weighted by atomic mass is 10.0. The largest absolute Gasteiger partial charge is 0.378 e. The Bertz CT molecular complexity index is 1670. The van der Waals surface area contributed by atoms with Crippen LogP contribution in [0, 0.1) is 0 Å². The van der Waals surface area contributed by atoms with Crippen molar-refractivity contribution in [1.82, 2.24) is 39.2 Å². The van der Waals surface area contributed by atoms with Gasteiger partial charge in [0.25, 0.3) is 0 Å². The van der Waals surface area contributed by atoms with Crippen molar-refractivity contribution >= 4 is 57.4 Å². The zero-order valence-corrected chi connectivity index (χ0v) is 38.6. The van der Waals surface area contributed by atoms with E-state index in [0.717, 1.165) is 162 Å². The Hall–Kier alpha value is -4.54. The van der Waals surface area contributed by atoms with Gasteiger partial charge in [-0.15, -0.1) is 0 Å². The van der Waals surface area contributed by atoms with Gasteiger partial charge in [-0.1, -0.05) is 0 Å². The van der Waals surface area contributed by atoms with E-state index in [0.29, 0.717) is 106 Å². The highest BCUT2D eigenvalue weighted by atomic mass is 16.5. The first-order valence-corrected chi connectivity index (χ1v) is 24.3. The Morgan fingerprint density at radius 3 is 0.515 bits per heavy atom. The van der Waals surface area contributed by atoms with Gasteiger partial charge in [0, 0.05) is 115 Å². The maximum Gasteiger partial charge on any atom is 0.202 e. The minimum atomic E-state index is 0.645. The molecule has 8 saturated heterocycles. The topological polar surface area (TPSA) is 149 Å². The standard InChI is InChI=1S/C46H68N12O8/c1-2-38(48-44(53-9-25-61-26-10-53)54-11-27-62-28-12-54)42-40(50-46(57-17-33-65-34-18-57)58-19-35-66-36-20-58)4-3-39(49-45(55-13-29-63-30-14-55)56-15-31-64-32-16-56)41(42)37(1)47-43(51-5-21-59-22-6-51)52-7-23-60-24-8-52/h1-4H,5-36H2. The molecule has 8 fully saturated rings. The molecular formula is C46H68N12O8. The van der Waals surface area contributed by atoms with Gasteiger partial charge in [-0.2, -0.15) is 0 Å². The fourth-order valence-electron chi connectivity index (χ4n) is 9.70. The number of hydrogen-bond donors (Lipinski definition) is 0. The molecule has 360 valence electrons. The van der Waals surface area contributed by atoms with Crippen LogP contribution < -0.4 is 0 Å². The summed E-state index contributed by atoms with van der Waals surface area (Å²) in [6, 6.07) is 8.61. The summed E-state index contributed by atoms with van der Waals surface area (Å²) in [5.74, 6) is 3.70.